The zero-order valence-corrected chi connectivity index (χ0v) is 12.9. The van der Waals surface area contributed by atoms with Gasteiger partial charge in [0.25, 0.3) is 0 Å². The monoisotopic (exact) mass is 344 g/mol. The summed E-state index contributed by atoms with van der Waals surface area (Å²) in [6.45, 7) is 1.76. The summed E-state index contributed by atoms with van der Waals surface area (Å²) < 4.78 is 13.2. The second-order valence-electron chi connectivity index (χ2n) is 4.91. The van der Waals surface area contributed by atoms with E-state index in [1.807, 2.05) is 0 Å². The molecule has 5 nitrogen and oxygen atoms in total. The standard InChI is InChI=1S/C13H18BrFN4O/c1-19(10-3-4-10)7-6-16-13(20)17-8-9-2-5-11(15)18-12(9)14/h2,5,10H,3-4,6-8H2,1H3,(H2,16,17,20). The number of nitrogens with one attached hydrogen (secondary N) is 2. The van der Waals surface area contributed by atoms with Gasteiger partial charge in [-0.15, -0.1) is 0 Å². The molecule has 0 atom stereocenters. The molecule has 1 aliphatic rings. The van der Waals surface area contributed by atoms with Crippen LogP contribution in [0, 0.1) is 5.95 Å². The number of amides is 2. The van der Waals surface area contributed by atoms with Gasteiger partial charge in [0.1, 0.15) is 4.60 Å². The number of pyridine rings is 1. The summed E-state index contributed by atoms with van der Waals surface area (Å²) >= 11 is 3.16. The Morgan fingerprint density at radius 2 is 2.25 bits per heavy atom. The number of carbonyl (C=O) groups is 1. The van der Waals surface area contributed by atoms with E-state index < -0.39 is 5.95 Å². The van der Waals surface area contributed by atoms with Crippen molar-refractivity contribution in [3.63, 3.8) is 0 Å². The fourth-order valence-electron chi connectivity index (χ4n) is 1.85. The predicted octanol–water partition coefficient (Wildman–Crippen LogP) is 1.88. The quantitative estimate of drug-likeness (QED) is 0.774. The van der Waals surface area contributed by atoms with Crippen LogP contribution in [0.15, 0.2) is 16.7 Å². The van der Waals surface area contributed by atoms with Gasteiger partial charge in [-0.3, -0.25) is 0 Å². The van der Waals surface area contributed by atoms with Crippen LogP contribution < -0.4 is 10.6 Å². The van der Waals surface area contributed by atoms with Crippen LogP contribution in [0.4, 0.5) is 9.18 Å². The Bertz CT molecular complexity index is 481. The zero-order valence-electron chi connectivity index (χ0n) is 11.3. The molecule has 1 saturated carbocycles. The van der Waals surface area contributed by atoms with Crippen LogP contribution in [-0.4, -0.2) is 42.1 Å². The van der Waals surface area contributed by atoms with E-state index in [0.29, 0.717) is 23.7 Å². The molecule has 2 amide bonds. The Kier molecular flexibility index (Phi) is 5.31. The van der Waals surface area contributed by atoms with Gasteiger partial charge in [0.15, 0.2) is 0 Å². The molecule has 2 rings (SSSR count). The molecule has 0 aromatic carbocycles. The van der Waals surface area contributed by atoms with E-state index in [2.05, 4.69) is 43.5 Å². The zero-order chi connectivity index (χ0) is 14.5. The van der Waals surface area contributed by atoms with Crippen LogP contribution in [0.25, 0.3) is 0 Å². The number of halogens is 2. The first-order valence-corrected chi connectivity index (χ1v) is 7.38. The molecule has 1 aromatic heterocycles. The minimum absolute atomic E-state index is 0.231. The van der Waals surface area contributed by atoms with Crippen molar-refractivity contribution in [1.29, 1.82) is 0 Å². The number of hydrogen-bond donors (Lipinski definition) is 2. The summed E-state index contributed by atoms with van der Waals surface area (Å²) in [4.78, 5) is 17.5. The second-order valence-corrected chi connectivity index (χ2v) is 5.66. The first-order chi connectivity index (χ1) is 9.56. The fourth-order valence-corrected chi connectivity index (χ4v) is 2.30. The van der Waals surface area contributed by atoms with E-state index in [-0.39, 0.29) is 6.03 Å². The second kappa shape index (κ2) is 6.99. The van der Waals surface area contributed by atoms with Crippen molar-refractivity contribution in [3.05, 3.63) is 28.2 Å². The smallest absolute Gasteiger partial charge is 0.315 e. The molecule has 0 radical (unpaired) electrons. The summed E-state index contributed by atoms with van der Waals surface area (Å²) in [6.07, 6.45) is 2.52. The van der Waals surface area contributed by atoms with E-state index in [9.17, 15) is 9.18 Å². The van der Waals surface area contributed by atoms with Gasteiger partial charge < -0.3 is 15.5 Å². The molecule has 110 valence electrons. The van der Waals surface area contributed by atoms with E-state index in [1.165, 1.54) is 18.9 Å². The van der Waals surface area contributed by atoms with Crippen molar-refractivity contribution in [3.8, 4) is 0 Å². The largest absolute Gasteiger partial charge is 0.337 e. The van der Waals surface area contributed by atoms with Crippen molar-refractivity contribution < 1.29 is 9.18 Å². The van der Waals surface area contributed by atoms with Gasteiger partial charge >= 0.3 is 6.03 Å². The Hall–Kier alpha value is -1.21. The van der Waals surface area contributed by atoms with Gasteiger partial charge in [0.05, 0.1) is 0 Å². The van der Waals surface area contributed by atoms with Crippen molar-refractivity contribution in [2.75, 3.05) is 20.1 Å². The predicted molar refractivity (Wildman–Crippen MR) is 77.8 cm³/mol. The average Bonchev–Trinajstić information content (AvgIpc) is 3.22. The van der Waals surface area contributed by atoms with Crippen LogP contribution in [-0.2, 0) is 6.54 Å². The Balaban J connectivity index is 1.66. The number of urea groups is 1. The molecular formula is C13H18BrFN4O. The third-order valence-electron chi connectivity index (χ3n) is 3.25. The highest BCUT2D eigenvalue weighted by molar-refractivity contribution is 9.10. The van der Waals surface area contributed by atoms with Gasteiger partial charge in [-0.25, -0.2) is 9.78 Å². The van der Waals surface area contributed by atoms with Crippen molar-refractivity contribution in [1.82, 2.24) is 20.5 Å². The maximum Gasteiger partial charge on any atom is 0.315 e. The summed E-state index contributed by atoms with van der Waals surface area (Å²) in [5.74, 6) is -0.548. The van der Waals surface area contributed by atoms with Crippen molar-refractivity contribution >= 4 is 22.0 Å². The summed E-state index contributed by atoms with van der Waals surface area (Å²) in [7, 11) is 2.07. The lowest BCUT2D eigenvalue weighted by Crippen LogP contribution is -2.39. The van der Waals surface area contributed by atoms with Crippen LogP contribution >= 0.6 is 15.9 Å². The number of rotatable bonds is 6. The van der Waals surface area contributed by atoms with Gasteiger partial charge in [-0.1, -0.05) is 6.07 Å². The lowest BCUT2D eigenvalue weighted by atomic mass is 10.3. The summed E-state index contributed by atoms with van der Waals surface area (Å²) in [6, 6.07) is 3.32. The topological polar surface area (TPSA) is 57.3 Å². The van der Waals surface area contributed by atoms with Gasteiger partial charge in [-0.05, 0) is 41.9 Å². The van der Waals surface area contributed by atoms with Crippen LogP contribution in [0.5, 0.6) is 0 Å². The molecule has 7 heteroatoms. The lowest BCUT2D eigenvalue weighted by molar-refractivity contribution is 0.237. The molecule has 1 aromatic rings. The van der Waals surface area contributed by atoms with E-state index in [1.54, 1.807) is 6.07 Å². The number of likely N-dealkylation sites (N-methyl/N-ethyl adjacent to an activating group) is 1. The summed E-state index contributed by atoms with van der Waals surface area (Å²) in [5.41, 5.74) is 0.733. The Morgan fingerprint density at radius 1 is 1.50 bits per heavy atom. The number of hydrogen-bond acceptors (Lipinski definition) is 3. The fraction of sp³-hybridized carbons (Fsp3) is 0.538. The number of aromatic nitrogens is 1. The highest BCUT2D eigenvalue weighted by Gasteiger charge is 2.25. The lowest BCUT2D eigenvalue weighted by Gasteiger charge is -2.16. The molecule has 1 heterocycles. The third-order valence-corrected chi connectivity index (χ3v) is 3.94. The average molecular weight is 345 g/mol. The summed E-state index contributed by atoms with van der Waals surface area (Å²) in [5, 5.41) is 5.51. The van der Waals surface area contributed by atoms with Crippen LogP contribution in [0.2, 0.25) is 0 Å². The molecule has 0 saturated heterocycles. The molecule has 2 N–H and O–H groups in total. The van der Waals surface area contributed by atoms with Gasteiger partial charge in [-0.2, -0.15) is 4.39 Å². The molecule has 0 unspecified atom stereocenters. The van der Waals surface area contributed by atoms with E-state index in [4.69, 9.17) is 0 Å². The maximum atomic E-state index is 12.8. The molecular weight excluding hydrogens is 327 g/mol. The number of carbonyl (C=O) groups excluding carboxylic acids is 1. The molecule has 1 aliphatic carbocycles. The highest BCUT2D eigenvalue weighted by Crippen LogP contribution is 2.24. The number of nitrogens with zero attached hydrogens (tertiary/aromatic N) is 2. The molecule has 1 fully saturated rings. The molecule has 20 heavy (non-hydrogen) atoms. The van der Waals surface area contributed by atoms with Crippen molar-refractivity contribution in [2.24, 2.45) is 0 Å². The minimum atomic E-state index is -0.548. The van der Waals surface area contributed by atoms with E-state index >= 15 is 0 Å². The third kappa shape index (κ3) is 4.72. The van der Waals surface area contributed by atoms with E-state index in [0.717, 1.165) is 12.1 Å². The highest BCUT2D eigenvalue weighted by atomic mass is 79.9. The Morgan fingerprint density at radius 3 is 2.90 bits per heavy atom. The van der Waals surface area contributed by atoms with Gasteiger partial charge in [0.2, 0.25) is 5.95 Å². The Labute approximate surface area is 126 Å². The van der Waals surface area contributed by atoms with Crippen molar-refractivity contribution in [2.45, 2.75) is 25.4 Å². The minimum Gasteiger partial charge on any atom is -0.337 e. The molecule has 0 bridgehead atoms. The first-order valence-electron chi connectivity index (χ1n) is 6.59. The first kappa shape index (κ1) is 15.2. The SMILES string of the molecule is CN(CCNC(=O)NCc1ccc(F)nc1Br)C1CC1. The molecule has 0 aliphatic heterocycles. The van der Waals surface area contributed by atoms with Gasteiger partial charge in [0, 0.05) is 31.2 Å². The van der Waals surface area contributed by atoms with Crippen LogP contribution in [0.3, 0.4) is 0 Å². The van der Waals surface area contributed by atoms with Crippen LogP contribution in [0.1, 0.15) is 18.4 Å². The maximum absolute atomic E-state index is 12.8. The molecule has 0 spiro atoms. The normalized spacial score (nSPS) is 14.4.